The number of aromatic nitrogens is 2. The Balaban J connectivity index is 1.89. The average molecular weight is 321 g/mol. The lowest BCUT2D eigenvalue weighted by molar-refractivity contribution is 0.144. The molecule has 2 aromatic heterocycles. The second kappa shape index (κ2) is 6.80. The number of nitrogen functional groups attached to an aromatic ring is 1. The summed E-state index contributed by atoms with van der Waals surface area (Å²) in [4.78, 5) is 13.0. The molecule has 0 fully saturated rings. The maximum Gasteiger partial charge on any atom is 0.174 e. The zero-order valence-electron chi connectivity index (χ0n) is 12.9. The summed E-state index contributed by atoms with van der Waals surface area (Å²) >= 11 is 0. The monoisotopic (exact) mass is 321 g/mol. The van der Waals surface area contributed by atoms with Gasteiger partial charge in [-0.1, -0.05) is 24.3 Å². The van der Waals surface area contributed by atoms with Crippen molar-refractivity contribution in [1.29, 1.82) is 5.41 Å². The van der Waals surface area contributed by atoms with Gasteiger partial charge in [0.05, 0.1) is 7.11 Å². The molecule has 8 nitrogen and oxygen atoms in total. The molecule has 0 unspecified atom stereocenters. The number of hydrogen-bond donors (Lipinski definition) is 3. The van der Waals surface area contributed by atoms with Crippen molar-refractivity contribution in [3.8, 4) is 0 Å². The van der Waals surface area contributed by atoms with E-state index in [1.165, 1.54) is 13.3 Å². The zero-order valence-corrected chi connectivity index (χ0v) is 12.9. The van der Waals surface area contributed by atoms with Crippen molar-refractivity contribution >= 4 is 33.9 Å². The minimum Gasteiger partial charge on any atom is -0.382 e. The quantitative estimate of drug-likeness (QED) is 0.295. The maximum absolute atomic E-state index is 7.70. The molecule has 24 heavy (non-hydrogen) atoms. The van der Waals surface area contributed by atoms with Crippen molar-refractivity contribution in [2.75, 3.05) is 12.8 Å². The SMILES string of the molecule is CONC(=N)c1ccc(/N=N/c2c(N)ncc3ccccc23)nc1. The van der Waals surface area contributed by atoms with Crippen molar-refractivity contribution in [1.82, 2.24) is 15.4 Å². The summed E-state index contributed by atoms with van der Waals surface area (Å²) in [6.45, 7) is 0. The predicted molar refractivity (Wildman–Crippen MR) is 91.5 cm³/mol. The summed E-state index contributed by atoms with van der Waals surface area (Å²) in [5.41, 5.74) is 9.42. The lowest BCUT2D eigenvalue weighted by atomic mass is 10.1. The van der Waals surface area contributed by atoms with Gasteiger partial charge >= 0.3 is 0 Å². The molecule has 8 heteroatoms. The van der Waals surface area contributed by atoms with Crippen molar-refractivity contribution in [3.63, 3.8) is 0 Å². The molecule has 0 aliphatic carbocycles. The molecular formula is C16H15N7O. The van der Waals surface area contributed by atoms with E-state index in [2.05, 4.69) is 30.5 Å². The molecule has 4 N–H and O–H groups in total. The van der Waals surface area contributed by atoms with E-state index in [4.69, 9.17) is 11.1 Å². The molecule has 0 bridgehead atoms. The van der Waals surface area contributed by atoms with Gasteiger partial charge in [0.2, 0.25) is 0 Å². The normalized spacial score (nSPS) is 11.0. The molecule has 2 heterocycles. The number of anilines is 1. The maximum atomic E-state index is 7.70. The fourth-order valence-corrected chi connectivity index (χ4v) is 2.12. The Labute approximate surface area is 137 Å². The number of rotatable bonds is 4. The van der Waals surface area contributed by atoms with Crippen LogP contribution in [0.1, 0.15) is 5.56 Å². The third-order valence-corrected chi connectivity index (χ3v) is 3.29. The van der Waals surface area contributed by atoms with E-state index >= 15 is 0 Å². The topological polar surface area (TPSA) is 122 Å². The third-order valence-electron chi connectivity index (χ3n) is 3.29. The van der Waals surface area contributed by atoms with Crippen LogP contribution in [0.2, 0.25) is 0 Å². The number of nitrogens with two attached hydrogens (primary N) is 1. The summed E-state index contributed by atoms with van der Waals surface area (Å²) < 4.78 is 0. The predicted octanol–water partition coefficient (Wildman–Crippen LogP) is 3.10. The zero-order chi connectivity index (χ0) is 16.9. The highest BCUT2D eigenvalue weighted by Crippen LogP contribution is 2.31. The molecular weight excluding hydrogens is 306 g/mol. The number of fused-ring (bicyclic) bond motifs is 1. The van der Waals surface area contributed by atoms with Gasteiger partial charge in [-0.15, -0.1) is 10.2 Å². The largest absolute Gasteiger partial charge is 0.382 e. The van der Waals surface area contributed by atoms with Gasteiger partial charge in [0.1, 0.15) is 5.69 Å². The van der Waals surface area contributed by atoms with Crippen LogP contribution >= 0.6 is 0 Å². The Morgan fingerprint density at radius 1 is 1.12 bits per heavy atom. The van der Waals surface area contributed by atoms with Crippen LogP contribution in [0.3, 0.4) is 0 Å². The second-order valence-corrected chi connectivity index (χ2v) is 4.87. The van der Waals surface area contributed by atoms with Gasteiger partial charge in [-0.05, 0) is 12.1 Å². The molecule has 0 aliphatic heterocycles. The van der Waals surface area contributed by atoms with Crippen LogP contribution in [-0.4, -0.2) is 22.9 Å². The summed E-state index contributed by atoms with van der Waals surface area (Å²) in [6, 6.07) is 11.0. The van der Waals surface area contributed by atoms with Gasteiger partial charge in [-0.25, -0.2) is 15.4 Å². The number of hydroxylamine groups is 1. The molecule has 0 radical (unpaired) electrons. The Kier molecular flexibility index (Phi) is 4.39. The highest BCUT2D eigenvalue weighted by Gasteiger charge is 2.06. The van der Waals surface area contributed by atoms with Crippen LogP contribution in [0.4, 0.5) is 17.3 Å². The minimum absolute atomic E-state index is 0.107. The first kappa shape index (κ1) is 15.5. The van der Waals surface area contributed by atoms with Crippen molar-refractivity contribution < 1.29 is 4.84 Å². The molecule has 0 saturated carbocycles. The summed E-state index contributed by atoms with van der Waals surface area (Å²) in [5.74, 6) is 0.812. The first-order chi connectivity index (χ1) is 11.7. The lowest BCUT2D eigenvalue weighted by Gasteiger charge is -2.04. The first-order valence-electron chi connectivity index (χ1n) is 7.08. The first-order valence-corrected chi connectivity index (χ1v) is 7.08. The van der Waals surface area contributed by atoms with E-state index in [1.54, 1.807) is 18.3 Å². The van der Waals surface area contributed by atoms with Gasteiger partial charge in [0.15, 0.2) is 17.5 Å². The van der Waals surface area contributed by atoms with Crippen molar-refractivity contribution in [2.45, 2.75) is 0 Å². The average Bonchev–Trinajstić information content (AvgIpc) is 2.61. The number of benzene rings is 1. The molecule has 0 aliphatic rings. The summed E-state index contributed by atoms with van der Waals surface area (Å²) in [6.07, 6.45) is 3.21. The molecule has 1 aromatic carbocycles. The number of hydrogen-bond acceptors (Lipinski definition) is 7. The molecule has 0 saturated heterocycles. The molecule has 0 spiro atoms. The third kappa shape index (κ3) is 3.18. The molecule has 120 valence electrons. The van der Waals surface area contributed by atoms with Gasteiger partial charge in [0, 0.05) is 28.7 Å². The van der Waals surface area contributed by atoms with E-state index < -0.39 is 0 Å². The fourth-order valence-electron chi connectivity index (χ4n) is 2.12. The van der Waals surface area contributed by atoms with Gasteiger partial charge in [-0.2, -0.15) is 0 Å². The number of nitrogens with one attached hydrogen (secondary N) is 2. The van der Waals surface area contributed by atoms with E-state index in [1.807, 2.05) is 24.3 Å². The van der Waals surface area contributed by atoms with Gasteiger partial charge < -0.3 is 5.73 Å². The minimum atomic E-state index is 0.107. The molecule has 3 aromatic rings. The Bertz CT molecular complexity index is 906. The Morgan fingerprint density at radius 3 is 2.71 bits per heavy atom. The van der Waals surface area contributed by atoms with Crippen LogP contribution in [-0.2, 0) is 4.84 Å². The van der Waals surface area contributed by atoms with E-state index in [0.29, 0.717) is 22.9 Å². The van der Waals surface area contributed by atoms with Crippen molar-refractivity contribution in [2.24, 2.45) is 10.2 Å². The summed E-state index contributed by atoms with van der Waals surface area (Å²) in [5, 5.41) is 17.8. The Hall–Kier alpha value is -3.39. The van der Waals surface area contributed by atoms with Gasteiger partial charge in [-0.3, -0.25) is 10.2 Å². The molecule has 3 rings (SSSR count). The van der Waals surface area contributed by atoms with Crippen LogP contribution in [0, 0.1) is 5.41 Å². The standard InChI is InChI=1S/C16H15N7O/c1-24-23-15(17)11-6-7-13(19-9-11)21-22-14-12-5-3-2-4-10(12)8-20-16(14)18/h2-9H,1H3,(H2,17,23)(H2,18,20)/b22-21+. The van der Waals surface area contributed by atoms with Crippen LogP contribution in [0.15, 0.2) is 59.0 Å². The van der Waals surface area contributed by atoms with Gasteiger partial charge in [0.25, 0.3) is 0 Å². The number of pyridine rings is 2. The van der Waals surface area contributed by atoms with Crippen LogP contribution < -0.4 is 11.2 Å². The Morgan fingerprint density at radius 2 is 1.96 bits per heavy atom. The fraction of sp³-hybridized carbons (Fsp3) is 0.0625. The molecule has 0 atom stereocenters. The van der Waals surface area contributed by atoms with Crippen LogP contribution in [0.5, 0.6) is 0 Å². The number of azo groups is 1. The second-order valence-electron chi connectivity index (χ2n) is 4.87. The lowest BCUT2D eigenvalue weighted by Crippen LogP contribution is -2.21. The van der Waals surface area contributed by atoms with Crippen molar-refractivity contribution in [3.05, 3.63) is 54.4 Å². The van der Waals surface area contributed by atoms with E-state index in [9.17, 15) is 0 Å². The number of amidine groups is 1. The highest BCUT2D eigenvalue weighted by molar-refractivity contribution is 5.96. The van der Waals surface area contributed by atoms with Crippen LogP contribution in [0.25, 0.3) is 10.8 Å². The van der Waals surface area contributed by atoms with E-state index in [0.717, 1.165) is 10.8 Å². The summed E-state index contributed by atoms with van der Waals surface area (Å²) in [7, 11) is 1.44. The highest BCUT2D eigenvalue weighted by atomic mass is 16.6. The molecule has 0 amide bonds. The smallest absolute Gasteiger partial charge is 0.174 e. The van der Waals surface area contributed by atoms with E-state index in [-0.39, 0.29) is 5.84 Å². The number of nitrogens with zero attached hydrogens (tertiary/aromatic N) is 4.